The summed E-state index contributed by atoms with van der Waals surface area (Å²) >= 11 is 5.84. The van der Waals surface area contributed by atoms with Gasteiger partial charge in [-0.25, -0.2) is 0 Å². The zero-order valence-electron chi connectivity index (χ0n) is 18.6. The second-order valence-corrected chi connectivity index (χ2v) is 8.88. The summed E-state index contributed by atoms with van der Waals surface area (Å²) in [6.07, 6.45) is 3.26. The molecular weight excluding hydrogens is 428 g/mol. The van der Waals surface area contributed by atoms with Crippen LogP contribution >= 0.6 is 11.6 Å². The van der Waals surface area contributed by atoms with Crippen LogP contribution in [0.4, 0.5) is 0 Å². The summed E-state index contributed by atoms with van der Waals surface area (Å²) < 4.78 is 11.1. The van der Waals surface area contributed by atoms with Crippen LogP contribution in [0.3, 0.4) is 0 Å². The molecule has 6 nitrogen and oxygen atoms in total. The molecule has 0 bridgehead atoms. The first kappa shape index (κ1) is 23.9. The average molecular weight is 459 g/mol. The molecule has 0 unspecified atom stereocenters. The number of amides is 2. The summed E-state index contributed by atoms with van der Waals surface area (Å²) in [7, 11) is 0. The van der Waals surface area contributed by atoms with E-state index in [9.17, 15) is 9.59 Å². The van der Waals surface area contributed by atoms with Gasteiger partial charge < -0.3 is 20.1 Å². The van der Waals surface area contributed by atoms with Crippen molar-refractivity contribution in [3.05, 3.63) is 59.1 Å². The third-order valence-electron chi connectivity index (χ3n) is 5.56. The van der Waals surface area contributed by atoms with Crippen molar-refractivity contribution in [2.24, 2.45) is 0 Å². The minimum absolute atomic E-state index is 0.000271. The van der Waals surface area contributed by atoms with Gasteiger partial charge in [-0.2, -0.15) is 0 Å². The van der Waals surface area contributed by atoms with Crippen molar-refractivity contribution in [2.45, 2.75) is 57.5 Å². The highest BCUT2D eigenvalue weighted by Crippen LogP contribution is 2.20. The Morgan fingerprint density at radius 2 is 1.22 bits per heavy atom. The predicted octanol–water partition coefficient (Wildman–Crippen LogP) is 4.46. The molecule has 0 saturated heterocycles. The van der Waals surface area contributed by atoms with Crippen molar-refractivity contribution in [1.29, 1.82) is 0 Å². The van der Waals surface area contributed by atoms with Crippen LogP contribution in [0, 0.1) is 0 Å². The van der Waals surface area contributed by atoms with Crippen LogP contribution in [0.5, 0.6) is 11.5 Å². The summed E-state index contributed by atoms with van der Waals surface area (Å²) in [6.45, 7) is 4.24. The van der Waals surface area contributed by atoms with E-state index in [1.165, 1.54) is 5.56 Å². The van der Waals surface area contributed by atoms with Gasteiger partial charge in [-0.1, -0.05) is 37.6 Å². The van der Waals surface area contributed by atoms with E-state index < -0.39 is 0 Å². The molecule has 0 heterocycles. The Morgan fingerprint density at radius 1 is 0.812 bits per heavy atom. The van der Waals surface area contributed by atoms with E-state index in [4.69, 9.17) is 21.1 Å². The van der Waals surface area contributed by atoms with Gasteiger partial charge in [0.25, 0.3) is 11.8 Å². The van der Waals surface area contributed by atoms with Gasteiger partial charge in [0, 0.05) is 17.1 Å². The van der Waals surface area contributed by atoms with Crippen LogP contribution in [0.25, 0.3) is 0 Å². The molecule has 2 aromatic carbocycles. The van der Waals surface area contributed by atoms with Gasteiger partial charge in [0.05, 0.1) is 0 Å². The molecule has 0 aliphatic heterocycles. The first-order valence-corrected chi connectivity index (χ1v) is 11.5. The third-order valence-corrected chi connectivity index (χ3v) is 5.81. The predicted molar refractivity (Wildman–Crippen MR) is 125 cm³/mol. The average Bonchev–Trinajstić information content (AvgIpc) is 2.79. The van der Waals surface area contributed by atoms with Gasteiger partial charge in [0.15, 0.2) is 13.2 Å². The highest BCUT2D eigenvalue weighted by atomic mass is 35.5. The van der Waals surface area contributed by atoms with Crippen molar-refractivity contribution >= 4 is 23.4 Å². The molecular formula is C25H31ClN2O4. The monoisotopic (exact) mass is 458 g/mol. The number of rotatable bonds is 9. The number of ether oxygens (including phenoxy) is 2. The van der Waals surface area contributed by atoms with Crippen LogP contribution in [0.15, 0.2) is 48.5 Å². The van der Waals surface area contributed by atoms with Crippen molar-refractivity contribution in [3.63, 3.8) is 0 Å². The maximum Gasteiger partial charge on any atom is 0.258 e. The zero-order valence-corrected chi connectivity index (χ0v) is 19.4. The second-order valence-electron chi connectivity index (χ2n) is 8.44. The first-order chi connectivity index (χ1) is 15.4. The van der Waals surface area contributed by atoms with E-state index in [0.29, 0.717) is 22.4 Å². The lowest BCUT2D eigenvalue weighted by molar-refractivity contribution is -0.125. The molecule has 0 aromatic heterocycles. The van der Waals surface area contributed by atoms with Gasteiger partial charge in [-0.15, -0.1) is 0 Å². The van der Waals surface area contributed by atoms with E-state index in [1.807, 2.05) is 24.3 Å². The molecule has 2 aromatic rings. The molecule has 1 aliphatic rings. The second kappa shape index (κ2) is 11.8. The SMILES string of the molecule is CC(C)c1ccc(OCC(=O)NC2CCC(NC(=O)COc3ccc(Cl)cc3)CC2)cc1. The molecule has 0 atom stereocenters. The summed E-state index contributed by atoms with van der Waals surface area (Å²) in [5.41, 5.74) is 1.24. The van der Waals surface area contributed by atoms with Crippen molar-refractivity contribution in [3.8, 4) is 11.5 Å². The van der Waals surface area contributed by atoms with E-state index in [0.717, 1.165) is 25.7 Å². The Bertz CT molecular complexity index is 876. The smallest absolute Gasteiger partial charge is 0.258 e. The number of nitrogens with one attached hydrogen (secondary N) is 2. The Morgan fingerprint density at radius 3 is 1.62 bits per heavy atom. The normalized spacial score (nSPS) is 18.1. The Labute approximate surface area is 194 Å². The van der Waals surface area contributed by atoms with Crippen LogP contribution in [0.2, 0.25) is 5.02 Å². The van der Waals surface area contributed by atoms with E-state index in [2.05, 4.69) is 24.5 Å². The zero-order chi connectivity index (χ0) is 22.9. The lowest BCUT2D eigenvalue weighted by Gasteiger charge is -2.29. The number of hydrogen-bond donors (Lipinski definition) is 2. The Hall–Kier alpha value is -2.73. The molecule has 0 radical (unpaired) electrons. The highest BCUT2D eigenvalue weighted by Gasteiger charge is 2.23. The van der Waals surface area contributed by atoms with Gasteiger partial charge in [0.2, 0.25) is 0 Å². The number of carbonyl (C=O) groups excluding carboxylic acids is 2. The third kappa shape index (κ3) is 7.75. The molecule has 3 rings (SSSR count). The van der Waals surface area contributed by atoms with Crippen molar-refractivity contribution < 1.29 is 19.1 Å². The van der Waals surface area contributed by atoms with Crippen molar-refractivity contribution in [2.75, 3.05) is 13.2 Å². The van der Waals surface area contributed by atoms with E-state index in [-0.39, 0.29) is 37.1 Å². The van der Waals surface area contributed by atoms with Crippen LogP contribution in [-0.4, -0.2) is 37.1 Å². The molecule has 2 amide bonds. The molecule has 1 saturated carbocycles. The number of carbonyl (C=O) groups is 2. The minimum atomic E-state index is -0.149. The van der Waals surface area contributed by atoms with Gasteiger partial charge >= 0.3 is 0 Å². The molecule has 2 N–H and O–H groups in total. The molecule has 7 heteroatoms. The van der Waals surface area contributed by atoms with E-state index in [1.54, 1.807) is 24.3 Å². The summed E-state index contributed by atoms with van der Waals surface area (Å²) in [4.78, 5) is 24.4. The fourth-order valence-corrected chi connectivity index (χ4v) is 3.82. The number of benzene rings is 2. The summed E-state index contributed by atoms with van der Waals surface area (Å²) in [5.74, 6) is 1.49. The Kier molecular flexibility index (Phi) is 8.80. The summed E-state index contributed by atoms with van der Waals surface area (Å²) in [5, 5.41) is 6.66. The maximum absolute atomic E-state index is 12.2. The van der Waals surface area contributed by atoms with Gasteiger partial charge in [-0.05, 0) is 73.6 Å². The van der Waals surface area contributed by atoms with E-state index >= 15 is 0 Å². The van der Waals surface area contributed by atoms with Crippen LogP contribution in [-0.2, 0) is 9.59 Å². The topological polar surface area (TPSA) is 76.7 Å². The quantitative estimate of drug-likeness (QED) is 0.581. The van der Waals surface area contributed by atoms with Gasteiger partial charge in [-0.3, -0.25) is 9.59 Å². The lowest BCUT2D eigenvalue weighted by atomic mass is 9.91. The summed E-state index contributed by atoms with van der Waals surface area (Å²) in [6, 6.07) is 14.9. The number of halogens is 1. The Balaban J connectivity index is 1.31. The fourth-order valence-electron chi connectivity index (χ4n) is 3.70. The van der Waals surface area contributed by atoms with Crippen LogP contribution < -0.4 is 20.1 Å². The fraction of sp³-hybridized carbons (Fsp3) is 0.440. The number of hydrogen-bond acceptors (Lipinski definition) is 4. The highest BCUT2D eigenvalue weighted by molar-refractivity contribution is 6.30. The van der Waals surface area contributed by atoms with Crippen molar-refractivity contribution in [1.82, 2.24) is 10.6 Å². The molecule has 32 heavy (non-hydrogen) atoms. The molecule has 1 fully saturated rings. The maximum atomic E-state index is 12.2. The molecule has 172 valence electrons. The van der Waals surface area contributed by atoms with Crippen LogP contribution in [0.1, 0.15) is 51.0 Å². The largest absolute Gasteiger partial charge is 0.484 e. The molecule has 0 spiro atoms. The lowest BCUT2D eigenvalue weighted by Crippen LogP contribution is -2.45. The minimum Gasteiger partial charge on any atom is -0.484 e. The first-order valence-electron chi connectivity index (χ1n) is 11.1. The van der Waals surface area contributed by atoms with Gasteiger partial charge in [0.1, 0.15) is 11.5 Å². The standard InChI is InChI=1S/C25H31ClN2O4/c1-17(2)18-3-11-22(12-4-18)31-15-24(29)27-20-7-9-21(10-8-20)28-25(30)16-32-23-13-5-19(26)6-14-23/h3-6,11-14,17,20-21H,7-10,15-16H2,1-2H3,(H,27,29)(H,28,30). The molecule has 1 aliphatic carbocycles.